The lowest BCUT2D eigenvalue weighted by molar-refractivity contribution is -0.391. The molecule has 4 aromatic rings. The minimum absolute atomic E-state index is 0.136. The monoisotopic (exact) mass is 461 g/mol. The van der Waals surface area contributed by atoms with E-state index < -0.39 is 5.76 Å². The number of unbranched alkanes of at least 4 members (excludes halogenated alkanes) is 2. The summed E-state index contributed by atoms with van der Waals surface area (Å²) in [6, 6.07) is 16.7. The third-order valence-electron chi connectivity index (χ3n) is 5.81. The summed E-state index contributed by atoms with van der Waals surface area (Å²) in [6.45, 7) is 1.46. The van der Waals surface area contributed by atoms with E-state index in [9.17, 15) is 14.4 Å². The highest BCUT2D eigenvalue weighted by Gasteiger charge is 2.24. The van der Waals surface area contributed by atoms with Gasteiger partial charge < -0.3 is 14.5 Å². The molecule has 3 N–H and O–H groups in total. The number of carbonyl (C=O) groups excluding carboxylic acids is 2. The molecule has 0 aliphatic rings. The van der Waals surface area contributed by atoms with E-state index >= 15 is 0 Å². The van der Waals surface area contributed by atoms with Crippen molar-refractivity contribution in [2.24, 2.45) is 0 Å². The van der Waals surface area contributed by atoms with Crippen molar-refractivity contribution < 1.29 is 19.0 Å². The fourth-order valence-electron chi connectivity index (χ4n) is 4.06. The molecule has 176 valence electrons. The third-order valence-corrected chi connectivity index (χ3v) is 5.81. The summed E-state index contributed by atoms with van der Waals surface area (Å²) in [7, 11) is 0. The Hall–Kier alpha value is -3.94. The highest BCUT2D eigenvalue weighted by atomic mass is 16.4. The SMILES string of the molecule is CC(=O)CCCCC[C@H](NC(=O)Cn1c(=O)oc2ccccc21)c1[nH]c(-c2ccccc2)c[nH+]1. The summed E-state index contributed by atoms with van der Waals surface area (Å²) in [5, 5.41) is 3.06. The number of aromatic nitrogens is 3. The first-order valence-corrected chi connectivity index (χ1v) is 11.5. The van der Waals surface area contributed by atoms with Crippen LogP contribution in [0.15, 0.2) is 70.0 Å². The minimum Gasteiger partial charge on any atom is -0.408 e. The van der Waals surface area contributed by atoms with Gasteiger partial charge in [0.1, 0.15) is 24.6 Å². The smallest absolute Gasteiger partial charge is 0.408 e. The molecule has 0 radical (unpaired) electrons. The van der Waals surface area contributed by atoms with E-state index in [2.05, 4.69) is 15.3 Å². The van der Waals surface area contributed by atoms with Gasteiger partial charge in [-0.1, -0.05) is 55.3 Å². The highest BCUT2D eigenvalue weighted by molar-refractivity contribution is 5.79. The highest BCUT2D eigenvalue weighted by Crippen LogP contribution is 2.21. The van der Waals surface area contributed by atoms with Crippen LogP contribution >= 0.6 is 0 Å². The summed E-state index contributed by atoms with van der Waals surface area (Å²) < 4.78 is 6.58. The Morgan fingerprint density at radius 1 is 1.06 bits per heavy atom. The standard InChI is InChI=1S/C26H28N4O4/c1-18(31)10-4-2-7-13-20(25-27-16-21(29-25)19-11-5-3-6-12-19)28-24(32)17-30-22-14-8-9-15-23(22)34-26(30)33/h3,5-6,8-9,11-12,14-16,20H,2,4,7,10,13,17H2,1H3,(H,27,29)(H,28,32)/p+1/t20-/m0/s1. The second kappa shape index (κ2) is 10.8. The van der Waals surface area contributed by atoms with E-state index in [1.54, 1.807) is 31.2 Å². The molecular weight excluding hydrogens is 432 g/mol. The second-order valence-electron chi connectivity index (χ2n) is 8.45. The van der Waals surface area contributed by atoms with Crippen LogP contribution in [0.1, 0.15) is 50.9 Å². The van der Waals surface area contributed by atoms with Gasteiger partial charge in [-0.3, -0.25) is 9.36 Å². The van der Waals surface area contributed by atoms with Crippen LogP contribution in [-0.4, -0.2) is 21.2 Å². The molecule has 1 amide bonds. The van der Waals surface area contributed by atoms with Crippen molar-refractivity contribution >= 4 is 22.8 Å². The fraction of sp³-hybridized carbons (Fsp3) is 0.308. The quantitative estimate of drug-likeness (QED) is 0.331. The topological polar surface area (TPSA) is 111 Å². The number of carbonyl (C=O) groups is 2. The number of fused-ring (bicyclic) bond motifs is 1. The molecule has 2 heterocycles. The van der Waals surface area contributed by atoms with Crippen molar-refractivity contribution in [2.45, 2.75) is 51.6 Å². The first-order chi connectivity index (χ1) is 16.5. The number of amides is 1. The third kappa shape index (κ3) is 5.70. The number of nitrogens with one attached hydrogen (secondary N) is 3. The number of benzene rings is 2. The van der Waals surface area contributed by atoms with Crippen LogP contribution in [0.2, 0.25) is 0 Å². The van der Waals surface area contributed by atoms with Crippen LogP contribution in [0.5, 0.6) is 0 Å². The number of hydrogen-bond donors (Lipinski definition) is 2. The zero-order chi connectivity index (χ0) is 23.9. The van der Waals surface area contributed by atoms with E-state index in [1.807, 2.05) is 36.5 Å². The molecule has 0 unspecified atom stereocenters. The number of ketones is 1. The molecule has 8 nitrogen and oxygen atoms in total. The summed E-state index contributed by atoms with van der Waals surface area (Å²) in [5.74, 6) is 0.123. The summed E-state index contributed by atoms with van der Waals surface area (Å²) >= 11 is 0. The molecule has 2 aromatic carbocycles. The molecule has 2 aromatic heterocycles. The van der Waals surface area contributed by atoms with Gasteiger partial charge in [-0.2, -0.15) is 0 Å². The lowest BCUT2D eigenvalue weighted by atomic mass is 10.1. The molecular formula is C26H29N4O4+. The summed E-state index contributed by atoms with van der Waals surface area (Å²) in [5.41, 5.74) is 2.99. The van der Waals surface area contributed by atoms with Gasteiger partial charge in [-0.05, 0) is 31.9 Å². The maximum atomic E-state index is 13.0. The Bertz CT molecular complexity index is 1320. The van der Waals surface area contributed by atoms with Crippen LogP contribution in [-0.2, 0) is 16.1 Å². The number of hydrogen-bond acceptors (Lipinski definition) is 4. The number of aromatic amines is 2. The van der Waals surface area contributed by atoms with Crippen molar-refractivity contribution in [3.8, 4) is 11.3 Å². The van der Waals surface area contributed by atoms with Crippen LogP contribution in [0.25, 0.3) is 22.4 Å². The average molecular weight is 462 g/mol. The van der Waals surface area contributed by atoms with Crippen LogP contribution in [0.4, 0.5) is 0 Å². The van der Waals surface area contributed by atoms with Crippen LogP contribution in [0.3, 0.4) is 0 Å². The Balaban J connectivity index is 1.48. The molecule has 34 heavy (non-hydrogen) atoms. The Morgan fingerprint density at radius 2 is 1.82 bits per heavy atom. The molecule has 0 spiro atoms. The molecule has 0 saturated heterocycles. The van der Waals surface area contributed by atoms with Gasteiger partial charge in [0.2, 0.25) is 5.91 Å². The fourth-order valence-corrected chi connectivity index (χ4v) is 4.06. The summed E-state index contributed by atoms with van der Waals surface area (Å²) in [6.07, 6.45) is 5.71. The molecule has 0 bridgehead atoms. The molecule has 0 saturated carbocycles. The van der Waals surface area contributed by atoms with E-state index in [0.717, 1.165) is 36.3 Å². The number of imidazole rings is 1. The molecule has 0 aliphatic heterocycles. The Morgan fingerprint density at radius 3 is 2.62 bits per heavy atom. The lowest BCUT2D eigenvalue weighted by Gasteiger charge is -2.14. The predicted octanol–water partition coefficient (Wildman–Crippen LogP) is 3.80. The normalized spacial score (nSPS) is 12.0. The van der Waals surface area contributed by atoms with E-state index in [1.165, 1.54) is 4.57 Å². The lowest BCUT2D eigenvalue weighted by Crippen LogP contribution is -2.35. The molecule has 0 fully saturated rings. The second-order valence-corrected chi connectivity index (χ2v) is 8.45. The molecule has 0 aliphatic carbocycles. The number of rotatable bonds is 11. The van der Waals surface area contributed by atoms with Crippen molar-refractivity contribution in [3.63, 3.8) is 0 Å². The maximum Gasteiger partial charge on any atom is 0.420 e. The van der Waals surface area contributed by atoms with Crippen molar-refractivity contribution in [1.29, 1.82) is 0 Å². The van der Waals surface area contributed by atoms with Gasteiger partial charge in [-0.15, -0.1) is 0 Å². The van der Waals surface area contributed by atoms with E-state index in [0.29, 0.717) is 23.9 Å². The predicted molar refractivity (Wildman–Crippen MR) is 128 cm³/mol. The zero-order valence-corrected chi connectivity index (χ0v) is 19.2. The number of nitrogens with zero attached hydrogens (tertiary/aromatic N) is 1. The Labute approximate surface area is 197 Å². The molecule has 8 heteroatoms. The van der Waals surface area contributed by atoms with Crippen molar-refractivity contribution in [1.82, 2.24) is 14.9 Å². The average Bonchev–Trinajstić information content (AvgIpc) is 3.44. The van der Waals surface area contributed by atoms with Gasteiger partial charge in [0.25, 0.3) is 5.82 Å². The number of para-hydroxylation sites is 2. The van der Waals surface area contributed by atoms with Gasteiger partial charge in [0.15, 0.2) is 11.3 Å². The minimum atomic E-state index is -0.560. The number of oxazole rings is 1. The van der Waals surface area contributed by atoms with E-state index in [4.69, 9.17) is 4.42 Å². The summed E-state index contributed by atoms with van der Waals surface area (Å²) in [4.78, 5) is 43.1. The first-order valence-electron chi connectivity index (χ1n) is 11.5. The zero-order valence-electron chi connectivity index (χ0n) is 19.2. The van der Waals surface area contributed by atoms with Crippen molar-refractivity contribution in [2.75, 3.05) is 0 Å². The largest absolute Gasteiger partial charge is 0.420 e. The number of H-pyrrole nitrogens is 2. The van der Waals surface area contributed by atoms with Gasteiger partial charge in [-0.25, -0.2) is 14.8 Å². The number of Topliss-reactive ketones (excluding diaryl/α,β-unsaturated/α-hetero) is 1. The van der Waals surface area contributed by atoms with Gasteiger partial charge in [0.05, 0.1) is 5.52 Å². The molecule has 1 atom stereocenters. The van der Waals surface area contributed by atoms with Crippen molar-refractivity contribution in [3.05, 3.63) is 77.2 Å². The Kier molecular flexibility index (Phi) is 7.37. The van der Waals surface area contributed by atoms with Crippen LogP contribution in [0, 0.1) is 0 Å². The molecule has 4 rings (SSSR count). The first kappa shape index (κ1) is 23.2. The van der Waals surface area contributed by atoms with Gasteiger partial charge >= 0.3 is 5.76 Å². The maximum absolute atomic E-state index is 13.0. The van der Waals surface area contributed by atoms with Gasteiger partial charge in [0, 0.05) is 12.0 Å². The van der Waals surface area contributed by atoms with Crippen LogP contribution < -0.4 is 16.1 Å². The van der Waals surface area contributed by atoms with E-state index in [-0.39, 0.29) is 24.3 Å².